The molecule has 4 heteroatoms. The molecule has 1 aromatic carbocycles. The van der Waals surface area contributed by atoms with E-state index in [0.29, 0.717) is 16.5 Å². The first kappa shape index (κ1) is 14.1. The van der Waals surface area contributed by atoms with Crippen molar-refractivity contribution in [3.63, 3.8) is 0 Å². The van der Waals surface area contributed by atoms with E-state index in [4.69, 9.17) is 23.2 Å². The first-order valence-corrected chi connectivity index (χ1v) is 8.29. The number of hydrogen-bond donors (Lipinski definition) is 0. The minimum absolute atomic E-state index is 0.147. The summed E-state index contributed by atoms with van der Waals surface area (Å²) < 4.78 is 0. The van der Waals surface area contributed by atoms with Gasteiger partial charge in [0.25, 0.3) is 0 Å². The second kappa shape index (κ2) is 5.88. The number of ketones is 1. The molecular formula is C16H14Cl2OS. The number of thiophene rings is 1. The van der Waals surface area contributed by atoms with Crippen LogP contribution >= 0.6 is 34.5 Å². The van der Waals surface area contributed by atoms with Gasteiger partial charge in [-0.2, -0.15) is 0 Å². The lowest BCUT2D eigenvalue weighted by atomic mass is 9.98. The molecule has 0 N–H and O–H groups in total. The molecule has 1 aromatic heterocycles. The van der Waals surface area contributed by atoms with Crippen LogP contribution in [-0.2, 0) is 19.3 Å². The van der Waals surface area contributed by atoms with Crippen molar-refractivity contribution in [3.8, 4) is 0 Å². The lowest BCUT2D eigenvalue weighted by molar-refractivity contribution is 0.0997. The molecule has 0 radical (unpaired) electrons. The van der Waals surface area contributed by atoms with Crippen molar-refractivity contribution in [2.75, 3.05) is 0 Å². The summed E-state index contributed by atoms with van der Waals surface area (Å²) in [4.78, 5) is 14.6. The van der Waals surface area contributed by atoms with Gasteiger partial charge in [-0.3, -0.25) is 4.79 Å². The van der Waals surface area contributed by atoms with Crippen LogP contribution in [0.4, 0.5) is 0 Å². The van der Waals surface area contributed by atoms with Crippen molar-refractivity contribution >= 4 is 40.3 Å². The topological polar surface area (TPSA) is 17.1 Å². The lowest BCUT2D eigenvalue weighted by Gasteiger charge is -2.08. The fourth-order valence-corrected chi connectivity index (χ4v) is 4.22. The van der Waals surface area contributed by atoms with E-state index in [1.807, 2.05) is 6.07 Å². The lowest BCUT2D eigenvalue weighted by Crippen LogP contribution is -2.01. The second-order valence-corrected chi connectivity index (χ2v) is 7.08. The molecule has 1 heterocycles. The van der Waals surface area contributed by atoms with Gasteiger partial charge in [0.05, 0.1) is 4.88 Å². The molecule has 0 atom stereocenters. The highest BCUT2D eigenvalue weighted by molar-refractivity contribution is 7.14. The zero-order chi connectivity index (χ0) is 14.1. The van der Waals surface area contributed by atoms with Gasteiger partial charge in [0.2, 0.25) is 0 Å². The van der Waals surface area contributed by atoms with Gasteiger partial charge < -0.3 is 0 Å². The number of carbonyl (C=O) groups is 1. The fourth-order valence-electron chi connectivity index (χ4n) is 2.55. The maximum Gasteiger partial charge on any atom is 0.177 e. The number of fused-ring (bicyclic) bond motifs is 1. The molecule has 0 fully saturated rings. The van der Waals surface area contributed by atoms with E-state index in [1.54, 1.807) is 23.5 Å². The van der Waals surface area contributed by atoms with Crippen LogP contribution in [0, 0.1) is 0 Å². The van der Waals surface area contributed by atoms with Crippen LogP contribution in [0.3, 0.4) is 0 Å². The van der Waals surface area contributed by atoms with Gasteiger partial charge in [0.15, 0.2) is 5.78 Å². The molecule has 0 aliphatic heterocycles. The molecule has 104 valence electrons. The highest BCUT2D eigenvalue weighted by Gasteiger charge is 2.18. The molecule has 0 spiro atoms. The monoisotopic (exact) mass is 324 g/mol. The zero-order valence-corrected chi connectivity index (χ0v) is 13.2. The van der Waals surface area contributed by atoms with Crippen LogP contribution in [0.5, 0.6) is 0 Å². The second-order valence-electron chi connectivity index (χ2n) is 5.10. The summed E-state index contributed by atoms with van der Waals surface area (Å²) in [5.74, 6) is 0.147. The average Bonchev–Trinajstić information content (AvgIpc) is 2.86. The third kappa shape index (κ3) is 2.93. The molecule has 0 bridgehead atoms. The molecule has 0 saturated carbocycles. The Morgan fingerprint density at radius 3 is 2.70 bits per heavy atom. The Balaban J connectivity index is 1.80. The van der Waals surface area contributed by atoms with Gasteiger partial charge in [-0.1, -0.05) is 29.3 Å². The number of aryl methyl sites for hydroxylation is 2. The maximum absolute atomic E-state index is 12.4. The maximum atomic E-state index is 12.4. The molecule has 3 rings (SSSR count). The quantitative estimate of drug-likeness (QED) is 0.694. The molecular weight excluding hydrogens is 311 g/mol. The highest BCUT2D eigenvalue weighted by atomic mass is 35.5. The Kier molecular flexibility index (Phi) is 4.16. The molecule has 0 saturated heterocycles. The van der Waals surface area contributed by atoms with Crippen molar-refractivity contribution in [2.24, 2.45) is 0 Å². The van der Waals surface area contributed by atoms with Crippen LogP contribution in [0.1, 0.15) is 38.5 Å². The number of rotatable bonds is 3. The van der Waals surface area contributed by atoms with Crippen LogP contribution in [0.25, 0.3) is 0 Å². The van der Waals surface area contributed by atoms with E-state index in [9.17, 15) is 4.79 Å². The number of carbonyl (C=O) groups excluding carboxylic acids is 1. The van der Waals surface area contributed by atoms with Crippen LogP contribution in [-0.4, -0.2) is 5.78 Å². The summed E-state index contributed by atoms with van der Waals surface area (Å²) >= 11 is 13.7. The number of Topliss-reactive ketones (excluding diaryl/α,β-unsaturated/α-hetero) is 1. The summed E-state index contributed by atoms with van der Waals surface area (Å²) in [7, 11) is 0. The predicted molar refractivity (Wildman–Crippen MR) is 85.5 cm³/mol. The Morgan fingerprint density at radius 2 is 1.95 bits per heavy atom. The van der Waals surface area contributed by atoms with Gasteiger partial charge in [-0.25, -0.2) is 0 Å². The van der Waals surface area contributed by atoms with E-state index < -0.39 is 0 Å². The third-order valence-corrected chi connectivity index (χ3v) is 5.50. The van der Waals surface area contributed by atoms with Crippen molar-refractivity contribution in [1.29, 1.82) is 0 Å². The average molecular weight is 325 g/mol. The molecule has 0 amide bonds. The Labute approximate surface area is 132 Å². The largest absolute Gasteiger partial charge is 0.293 e. The number of benzene rings is 1. The minimum Gasteiger partial charge on any atom is -0.293 e. The molecule has 0 unspecified atom stereocenters. The smallest absolute Gasteiger partial charge is 0.177 e. The van der Waals surface area contributed by atoms with Crippen LogP contribution in [0.2, 0.25) is 10.0 Å². The van der Waals surface area contributed by atoms with E-state index in [0.717, 1.165) is 23.3 Å². The predicted octanol–water partition coefficient (Wildman–Crippen LogP) is 5.36. The third-order valence-electron chi connectivity index (χ3n) is 3.64. The first-order chi connectivity index (χ1) is 9.63. The fraction of sp³-hybridized carbons (Fsp3) is 0.312. The summed E-state index contributed by atoms with van der Waals surface area (Å²) in [6.07, 6.45) is 5.05. The zero-order valence-electron chi connectivity index (χ0n) is 10.9. The number of halogens is 2. The Bertz CT molecular complexity index is 637. The Hall–Kier alpha value is -0.830. The molecule has 1 aliphatic rings. The van der Waals surface area contributed by atoms with Gasteiger partial charge in [-0.05, 0) is 55.0 Å². The van der Waals surface area contributed by atoms with Gasteiger partial charge >= 0.3 is 0 Å². The van der Waals surface area contributed by atoms with Crippen molar-refractivity contribution in [2.45, 2.75) is 32.1 Å². The first-order valence-electron chi connectivity index (χ1n) is 6.72. The number of hydrogen-bond acceptors (Lipinski definition) is 2. The van der Waals surface area contributed by atoms with Gasteiger partial charge in [0.1, 0.15) is 0 Å². The Morgan fingerprint density at radius 1 is 1.15 bits per heavy atom. The van der Waals surface area contributed by atoms with Crippen LogP contribution in [0.15, 0.2) is 24.3 Å². The summed E-state index contributed by atoms with van der Waals surface area (Å²) in [6, 6.07) is 7.36. The van der Waals surface area contributed by atoms with E-state index in [2.05, 4.69) is 6.07 Å². The molecule has 1 aliphatic carbocycles. The SMILES string of the molecule is O=C(Cc1ccc(Cl)cc1Cl)c1cc2c(s1)CCCC2. The summed E-state index contributed by atoms with van der Waals surface area (Å²) in [6.45, 7) is 0. The van der Waals surface area contributed by atoms with Crippen LogP contribution < -0.4 is 0 Å². The van der Waals surface area contributed by atoms with Crippen molar-refractivity contribution in [3.05, 3.63) is 55.2 Å². The molecule has 20 heavy (non-hydrogen) atoms. The molecule has 1 nitrogen and oxygen atoms in total. The summed E-state index contributed by atoms with van der Waals surface area (Å²) in [5.41, 5.74) is 2.21. The highest BCUT2D eigenvalue weighted by Crippen LogP contribution is 2.31. The van der Waals surface area contributed by atoms with Crippen molar-refractivity contribution < 1.29 is 4.79 Å². The molecule has 2 aromatic rings. The van der Waals surface area contributed by atoms with Crippen molar-refractivity contribution in [1.82, 2.24) is 0 Å². The van der Waals surface area contributed by atoms with Gasteiger partial charge in [-0.15, -0.1) is 11.3 Å². The van der Waals surface area contributed by atoms with E-state index in [1.165, 1.54) is 23.3 Å². The van der Waals surface area contributed by atoms with E-state index >= 15 is 0 Å². The summed E-state index contributed by atoms with van der Waals surface area (Å²) in [5, 5.41) is 1.16. The normalized spacial score (nSPS) is 14.1. The minimum atomic E-state index is 0.147. The van der Waals surface area contributed by atoms with E-state index in [-0.39, 0.29) is 5.78 Å². The van der Waals surface area contributed by atoms with Gasteiger partial charge in [0, 0.05) is 21.3 Å². The standard InChI is InChI=1S/C16H14Cl2OS/c17-12-6-5-10(13(18)9-12)7-14(19)16-8-11-3-1-2-4-15(11)20-16/h5-6,8-9H,1-4,7H2.